The van der Waals surface area contributed by atoms with Gasteiger partial charge in [-0.25, -0.2) is 0 Å². The van der Waals surface area contributed by atoms with Crippen molar-refractivity contribution in [1.82, 2.24) is 4.90 Å². The number of aromatic hydroxyl groups is 1. The zero-order valence-electron chi connectivity index (χ0n) is 9.06. The minimum atomic E-state index is 0.265. The molecular weight excluding hydrogens is 270 g/mol. The zero-order valence-corrected chi connectivity index (χ0v) is 10.7. The molecule has 1 aromatic rings. The van der Waals surface area contributed by atoms with Gasteiger partial charge in [-0.3, -0.25) is 4.90 Å². The highest BCUT2D eigenvalue weighted by atomic mass is 79.9. The lowest BCUT2D eigenvalue weighted by Crippen LogP contribution is -2.21. The summed E-state index contributed by atoms with van der Waals surface area (Å²) in [5.41, 5.74) is 0.938. The monoisotopic (exact) mass is 285 g/mol. The first kappa shape index (κ1) is 11.9. The van der Waals surface area contributed by atoms with Gasteiger partial charge in [0.25, 0.3) is 0 Å². The van der Waals surface area contributed by atoms with Gasteiger partial charge in [-0.1, -0.05) is 12.1 Å². The van der Waals surface area contributed by atoms with Crippen LogP contribution in [-0.2, 0) is 6.54 Å². The summed E-state index contributed by atoms with van der Waals surface area (Å²) in [6.07, 6.45) is 1.05. The number of aliphatic hydroxyl groups is 1. The fourth-order valence-corrected chi connectivity index (χ4v) is 2.54. The van der Waals surface area contributed by atoms with E-state index < -0.39 is 0 Å². The Morgan fingerprint density at radius 2 is 2.25 bits per heavy atom. The van der Waals surface area contributed by atoms with Crippen LogP contribution >= 0.6 is 15.9 Å². The van der Waals surface area contributed by atoms with E-state index in [1.54, 1.807) is 0 Å². The van der Waals surface area contributed by atoms with Gasteiger partial charge in [0, 0.05) is 25.3 Å². The lowest BCUT2D eigenvalue weighted by atomic mass is 10.1. The third-order valence-corrected chi connectivity index (χ3v) is 3.73. The van der Waals surface area contributed by atoms with Crippen LogP contribution in [0.5, 0.6) is 5.75 Å². The number of para-hydroxylation sites is 1. The number of likely N-dealkylation sites (tertiary alicyclic amines) is 1. The molecule has 16 heavy (non-hydrogen) atoms. The van der Waals surface area contributed by atoms with Gasteiger partial charge in [-0.2, -0.15) is 0 Å². The molecule has 3 nitrogen and oxygen atoms in total. The summed E-state index contributed by atoms with van der Waals surface area (Å²) in [6, 6.07) is 5.70. The molecule has 1 aromatic carbocycles. The van der Waals surface area contributed by atoms with Gasteiger partial charge in [0.1, 0.15) is 5.75 Å². The van der Waals surface area contributed by atoms with E-state index >= 15 is 0 Å². The number of aliphatic hydroxyl groups excluding tert-OH is 1. The molecule has 0 saturated carbocycles. The van der Waals surface area contributed by atoms with E-state index in [4.69, 9.17) is 5.11 Å². The fraction of sp³-hybridized carbons (Fsp3) is 0.500. The van der Waals surface area contributed by atoms with Crippen LogP contribution < -0.4 is 0 Å². The van der Waals surface area contributed by atoms with E-state index in [0.29, 0.717) is 11.7 Å². The summed E-state index contributed by atoms with van der Waals surface area (Å²) in [7, 11) is 0. The minimum Gasteiger partial charge on any atom is -0.506 e. The first-order chi connectivity index (χ1) is 7.70. The van der Waals surface area contributed by atoms with Crippen LogP contribution in [0.25, 0.3) is 0 Å². The molecule has 1 atom stereocenters. The molecule has 1 heterocycles. The number of hydrogen-bond donors (Lipinski definition) is 2. The Morgan fingerprint density at radius 3 is 2.94 bits per heavy atom. The number of halogens is 1. The second-order valence-corrected chi connectivity index (χ2v) is 5.17. The zero-order chi connectivity index (χ0) is 11.5. The average Bonchev–Trinajstić information content (AvgIpc) is 2.73. The predicted molar refractivity (Wildman–Crippen MR) is 66.3 cm³/mol. The molecule has 1 aliphatic rings. The maximum absolute atomic E-state index is 9.86. The van der Waals surface area contributed by atoms with Gasteiger partial charge < -0.3 is 10.2 Å². The van der Waals surface area contributed by atoms with E-state index in [9.17, 15) is 5.11 Å². The number of nitrogens with zero attached hydrogens (tertiary/aromatic N) is 1. The number of phenolic OH excluding ortho intramolecular Hbond substituents is 1. The standard InChI is InChI=1S/C12H16BrNO2/c13-11-3-1-2-10(12(11)16)7-14-5-4-9(6-14)8-15/h1-3,9,15-16H,4-8H2. The van der Waals surface area contributed by atoms with Gasteiger partial charge >= 0.3 is 0 Å². The van der Waals surface area contributed by atoms with Crippen molar-refractivity contribution in [1.29, 1.82) is 0 Å². The SMILES string of the molecule is OCC1CCN(Cc2cccc(Br)c2O)C1. The molecule has 0 aromatic heterocycles. The molecule has 4 heteroatoms. The summed E-state index contributed by atoms with van der Waals surface area (Å²) in [6.45, 7) is 2.93. The Bertz CT molecular complexity index is 370. The number of hydrogen-bond acceptors (Lipinski definition) is 3. The van der Waals surface area contributed by atoms with Gasteiger partial charge in [-0.15, -0.1) is 0 Å². The maximum atomic E-state index is 9.86. The number of phenols is 1. The van der Waals surface area contributed by atoms with Crippen molar-refractivity contribution in [3.8, 4) is 5.75 Å². The van der Waals surface area contributed by atoms with E-state index in [1.807, 2.05) is 18.2 Å². The molecule has 2 rings (SSSR count). The molecule has 1 aliphatic heterocycles. The van der Waals surface area contributed by atoms with E-state index in [0.717, 1.165) is 36.1 Å². The van der Waals surface area contributed by atoms with E-state index in [1.165, 1.54) is 0 Å². The smallest absolute Gasteiger partial charge is 0.134 e. The second-order valence-electron chi connectivity index (χ2n) is 4.32. The minimum absolute atomic E-state index is 0.265. The van der Waals surface area contributed by atoms with Crippen molar-refractivity contribution in [3.63, 3.8) is 0 Å². The summed E-state index contributed by atoms with van der Waals surface area (Å²) in [5.74, 6) is 0.726. The normalized spacial score (nSPS) is 21.5. The quantitative estimate of drug-likeness (QED) is 0.893. The van der Waals surface area contributed by atoms with Crippen molar-refractivity contribution < 1.29 is 10.2 Å². The van der Waals surface area contributed by atoms with Crippen molar-refractivity contribution in [3.05, 3.63) is 28.2 Å². The van der Waals surface area contributed by atoms with Crippen LogP contribution in [-0.4, -0.2) is 34.8 Å². The van der Waals surface area contributed by atoms with Gasteiger partial charge in [0.2, 0.25) is 0 Å². The molecule has 2 N–H and O–H groups in total. The molecule has 0 spiro atoms. The third-order valence-electron chi connectivity index (χ3n) is 3.09. The third kappa shape index (κ3) is 2.56. The summed E-state index contributed by atoms with van der Waals surface area (Å²) in [5, 5.41) is 18.9. The highest BCUT2D eigenvalue weighted by Gasteiger charge is 2.22. The fourth-order valence-electron chi connectivity index (χ4n) is 2.13. The molecular formula is C12H16BrNO2. The van der Waals surface area contributed by atoms with Crippen LogP contribution in [0.15, 0.2) is 22.7 Å². The topological polar surface area (TPSA) is 43.7 Å². The summed E-state index contributed by atoms with van der Waals surface area (Å²) < 4.78 is 0.739. The molecule has 0 bridgehead atoms. The van der Waals surface area contributed by atoms with E-state index in [-0.39, 0.29) is 6.61 Å². The largest absolute Gasteiger partial charge is 0.506 e. The molecule has 1 unspecified atom stereocenters. The molecule has 0 amide bonds. The Kier molecular flexibility index (Phi) is 3.84. The van der Waals surface area contributed by atoms with Gasteiger partial charge in [0.15, 0.2) is 0 Å². The van der Waals surface area contributed by atoms with E-state index in [2.05, 4.69) is 20.8 Å². The highest BCUT2D eigenvalue weighted by Crippen LogP contribution is 2.29. The Labute approximate surface area is 104 Å². The molecule has 1 fully saturated rings. The lowest BCUT2D eigenvalue weighted by Gasteiger charge is -2.16. The van der Waals surface area contributed by atoms with Gasteiger partial charge in [-0.05, 0) is 40.9 Å². The second kappa shape index (κ2) is 5.17. The molecule has 0 aliphatic carbocycles. The van der Waals surface area contributed by atoms with Crippen molar-refractivity contribution in [2.45, 2.75) is 13.0 Å². The van der Waals surface area contributed by atoms with Crippen LogP contribution in [0.4, 0.5) is 0 Å². The highest BCUT2D eigenvalue weighted by molar-refractivity contribution is 9.10. The first-order valence-corrected chi connectivity index (χ1v) is 6.29. The van der Waals surface area contributed by atoms with Crippen LogP contribution in [0.2, 0.25) is 0 Å². The van der Waals surface area contributed by atoms with Crippen molar-refractivity contribution in [2.75, 3.05) is 19.7 Å². The van der Waals surface area contributed by atoms with Crippen LogP contribution in [0.3, 0.4) is 0 Å². The molecule has 88 valence electrons. The Hall–Kier alpha value is -0.580. The lowest BCUT2D eigenvalue weighted by molar-refractivity contribution is 0.219. The predicted octanol–water partition coefficient (Wildman–Crippen LogP) is 1.97. The first-order valence-electron chi connectivity index (χ1n) is 5.50. The molecule has 0 radical (unpaired) electrons. The number of rotatable bonds is 3. The number of benzene rings is 1. The Morgan fingerprint density at radius 1 is 1.44 bits per heavy atom. The van der Waals surface area contributed by atoms with Crippen LogP contribution in [0, 0.1) is 5.92 Å². The summed E-state index contributed by atoms with van der Waals surface area (Å²) in [4.78, 5) is 2.27. The maximum Gasteiger partial charge on any atom is 0.134 e. The Balaban J connectivity index is 2.02. The van der Waals surface area contributed by atoms with Crippen molar-refractivity contribution >= 4 is 15.9 Å². The van der Waals surface area contributed by atoms with Crippen molar-refractivity contribution in [2.24, 2.45) is 5.92 Å². The average molecular weight is 286 g/mol. The summed E-state index contributed by atoms with van der Waals surface area (Å²) >= 11 is 3.31. The molecule has 1 saturated heterocycles. The van der Waals surface area contributed by atoms with Gasteiger partial charge in [0.05, 0.1) is 4.47 Å². The van der Waals surface area contributed by atoms with Crippen LogP contribution in [0.1, 0.15) is 12.0 Å².